The topological polar surface area (TPSA) is 41.7 Å². The Morgan fingerprint density at radius 1 is 1.29 bits per heavy atom. The minimum atomic E-state index is 0.340. The van der Waals surface area contributed by atoms with E-state index in [2.05, 4.69) is 30.7 Å². The summed E-state index contributed by atoms with van der Waals surface area (Å²) in [6, 6.07) is 0.434. The largest absolute Gasteiger partial charge is 0.377 e. The van der Waals surface area contributed by atoms with Gasteiger partial charge in [-0.05, 0) is 46.8 Å². The highest BCUT2D eigenvalue weighted by Crippen LogP contribution is 2.07. The molecule has 0 bridgehead atoms. The van der Waals surface area contributed by atoms with Crippen molar-refractivity contribution in [3.63, 3.8) is 0 Å². The van der Waals surface area contributed by atoms with Crippen LogP contribution < -0.4 is 5.73 Å². The van der Waals surface area contributed by atoms with Crippen molar-refractivity contribution in [1.82, 2.24) is 9.80 Å². The second-order valence-electron chi connectivity index (χ2n) is 5.40. The first kappa shape index (κ1) is 14.9. The van der Waals surface area contributed by atoms with Crippen LogP contribution in [0.2, 0.25) is 0 Å². The van der Waals surface area contributed by atoms with Crippen molar-refractivity contribution in [2.45, 2.75) is 38.8 Å². The van der Waals surface area contributed by atoms with Crippen LogP contribution in [0.25, 0.3) is 0 Å². The summed E-state index contributed by atoms with van der Waals surface area (Å²) < 4.78 is 5.55. The first-order valence-corrected chi connectivity index (χ1v) is 6.86. The zero-order valence-electron chi connectivity index (χ0n) is 11.7. The van der Waals surface area contributed by atoms with Crippen molar-refractivity contribution in [3.8, 4) is 0 Å². The molecule has 0 atom stereocenters. The molecular weight excluding hydrogens is 214 g/mol. The van der Waals surface area contributed by atoms with Gasteiger partial charge in [0.15, 0.2) is 0 Å². The molecule has 1 fully saturated rings. The van der Waals surface area contributed by atoms with E-state index in [-0.39, 0.29) is 0 Å². The summed E-state index contributed by atoms with van der Waals surface area (Å²) in [5.74, 6) is 0. The minimum absolute atomic E-state index is 0.340. The monoisotopic (exact) mass is 243 g/mol. The van der Waals surface area contributed by atoms with Gasteiger partial charge < -0.3 is 20.3 Å². The van der Waals surface area contributed by atoms with E-state index in [1.54, 1.807) is 0 Å². The Morgan fingerprint density at radius 2 is 1.94 bits per heavy atom. The molecule has 0 aromatic heterocycles. The molecular formula is C13H29N3O. The molecule has 0 spiro atoms. The maximum absolute atomic E-state index is 5.89. The van der Waals surface area contributed by atoms with Crippen LogP contribution in [0.3, 0.4) is 0 Å². The van der Waals surface area contributed by atoms with Crippen molar-refractivity contribution in [1.29, 1.82) is 0 Å². The zero-order chi connectivity index (χ0) is 12.7. The second kappa shape index (κ2) is 8.03. The number of nitrogens with two attached hydrogens (primary N) is 1. The Morgan fingerprint density at radius 3 is 2.53 bits per heavy atom. The third-order valence-corrected chi connectivity index (χ3v) is 3.35. The van der Waals surface area contributed by atoms with Crippen LogP contribution in [0.15, 0.2) is 0 Å². The number of nitrogens with zero attached hydrogens (tertiary/aromatic N) is 2. The van der Waals surface area contributed by atoms with Gasteiger partial charge in [0.1, 0.15) is 0 Å². The van der Waals surface area contributed by atoms with E-state index in [1.807, 2.05) is 0 Å². The van der Waals surface area contributed by atoms with Gasteiger partial charge in [0, 0.05) is 25.7 Å². The standard InChI is InChI=1S/C13H29N3O/c1-12(2)17-11-10-15(3)8-9-16-6-4-13(14)5-7-16/h12-13H,4-11,14H2,1-3H3. The average Bonchev–Trinajstić information content (AvgIpc) is 2.28. The Labute approximate surface area is 106 Å². The summed E-state index contributed by atoms with van der Waals surface area (Å²) in [5.41, 5.74) is 5.89. The number of piperidine rings is 1. The van der Waals surface area contributed by atoms with Gasteiger partial charge in [0.25, 0.3) is 0 Å². The maximum atomic E-state index is 5.89. The summed E-state index contributed by atoms with van der Waals surface area (Å²) in [6.45, 7) is 10.6. The van der Waals surface area contributed by atoms with E-state index in [0.29, 0.717) is 12.1 Å². The molecule has 0 amide bonds. The number of hydrogen-bond donors (Lipinski definition) is 1. The molecule has 4 heteroatoms. The molecule has 17 heavy (non-hydrogen) atoms. The van der Waals surface area contributed by atoms with E-state index >= 15 is 0 Å². The summed E-state index contributed by atoms with van der Waals surface area (Å²) in [5, 5.41) is 0. The number of likely N-dealkylation sites (N-methyl/N-ethyl adjacent to an activating group) is 1. The molecule has 0 radical (unpaired) electrons. The number of rotatable bonds is 7. The summed E-state index contributed by atoms with van der Waals surface area (Å²) in [6.07, 6.45) is 2.65. The van der Waals surface area contributed by atoms with Gasteiger partial charge >= 0.3 is 0 Å². The molecule has 1 saturated heterocycles. The smallest absolute Gasteiger partial charge is 0.0596 e. The molecule has 1 aliphatic rings. The van der Waals surface area contributed by atoms with Gasteiger partial charge in [-0.25, -0.2) is 0 Å². The van der Waals surface area contributed by atoms with Crippen molar-refractivity contribution >= 4 is 0 Å². The molecule has 0 unspecified atom stereocenters. The summed E-state index contributed by atoms with van der Waals surface area (Å²) in [7, 11) is 2.17. The van der Waals surface area contributed by atoms with Crippen LogP contribution in [-0.2, 0) is 4.74 Å². The molecule has 1 heterocycles. The van der Waals surface area contributed by atoms with Crippen LogP contribution in [0.4, 0.5) is 0 Å². The lowest BCUT2D eigenvalue weighted by molar-refractivity contribution is 0.0614. The van der Waals surface area contributed by atoms with Crippen LogP contribution >= 0.6 is 0 Å². The Balaban J connectivity index is 2.01. The van der Waals surface area contributed by atoms with E-state index < -0.39 is 0 Å². The normalized spacial score (nSPS) is 19.4. The lowest BCUT2D eigenvalue weighted by Gasteiger charge is -2.31. The lowest BCUT2D eigenvalue weighted by Crippen LogP contribution is -2.43. The molecule has 0 saturated carbocycles. The van der Waals surface area contributed by atoms with Crippen LogP contribution in [0.1, 0.15) is 26.7 Å². The van der Waals surface area contributed by atoms with Crippen LogP contribution in [0, 0.1) is 0 Å². The highest BCUT2D eigenvalue weighted by molar-refractivity contribution is 4.74. The highest BCUT2D eigenvalue weighted by Gasteiger charge is 2.15. The van der Waals surface area contributed by atoms with Gasteiger partial charge in [0.05, 0.1) is 12.7 Å². The molecule has 4 nitrogen and oxygen atoms in total. The lowest BCUT2D eigenvalue weighted by atomic mass is 10.1. The van der Waals surface area contributed by atoms with E-state index in [4.69, 9.17) is 10.5 Å². The summed E-state index contributed by atoms with van der Waals surface area (Å²) in [4.78, 5) is 4.86. The van der Waals surface area contributed by atoms with Crippen LogP contribution in [0.5, 0.6) is 0 Å². The highest BCUT2D eigenvalue weighted by atomic mass is 16.5. The maximum Gasteiger partial charge on any atom is 0.0596 e. The van der Waals surface area contributed by atoms with E-state index in [9.17, 15) is 0 Å². The average molecular weight is 243 g/mol. The van der Waals surface area contributed by atoms with Crippen molar-refractivity contribution in [2.75, 3.05) is 46.4 Å². The van der Waals surface area contributed by atoms with Gasteiger partial charge in [-0.2, -0.15) is 0 Å². The van der Waals surface area contributed by atoms with Gasteiger partial charge in [-0.15, -0.1) is 0 Å². The van der Waals surface area contributed by atoms with Crippen LogP contribution in [-0.4, -0.2) is 68.3 Å². The summed E-state index contributed by atoms with van der Waals surface area (Å²) >= 11 is 0. The Hall–Kier alpha value is -0.160. The third-order valence-electron chi connectivity index (χ3n) is 3.35. The molecule has 2 N–H and O–H groups in total. The zero-order valence-corrected chi connectivity index (χ0v) is 11.7. The molecule has 0 aliphatic carbocycles. The quantitative estimate of drug-likeness (QED) is 0.717. The first-order chi connectivity index (χ1) is 8.08. The Bertz CT molecular complexity index is 191. The second-order valence-corrected chi connectivity index (χ2v) is 5.40. The third kappa shape index (κ3) is 6.99. The van der Waals surface area contributed by atoms with E-state index in [1.165, 1.54) is 0 Å². The molecule has 0 aromatic carbocycles. The fourth-order valence-corrected chi connectivity index (χ4v) is 2.04. The number of likely N-dealkylation sites (tertiary alicyclic amines) is 1. The number of hydrogen-bond acceptors (Lipinski definition) is 4. The van der Waals surface area contributed by atoms with Crippen molar-refractivity contribution < 1.29 is 4.74 Å². The Kier molecular flexibility index (Phi) is 7.04. The minimum Gasteiger partial charge on any atom is -0.377 e. The van der Waals surface area contributed by atoms with Crippen molar-refractivity contribution in [3.05, 3.63) is 0 Å². The molecule has 1 aliphatic heterocycles. The van der Waals surface area contributed by atoms with Gasteiger partial charge in [-0.1, -0.05) is 0 Å². The predicted octanol–water partition coefficient (Wildman–Crippen LogP) is 0.766. The molecule has 0 aromatic rings. The fourth-order valence-electron chi connectivity index (χ4n) is 2.04. The predicted molar refractivity (Wildman–Crippen MR) is 72.2 cm³/mol. The number of ether oxygens (including phenoxy) is 1. The van der Waals surface area contributed by atoms with Gasteiger partial charge in [-0.3, -0.25) is 0 Å². The SMILES string of the molecule is CC(C)OCCN(C)CCN1CCC(N)CC1. The van der Waals surface area contributed by atoms with Gasteiger partial charge in [0.2, 0.25) is 0 Å². The van der Waals surface area contributed by atoms with E-state index in [0.717, 1.165) is 52.2 Å². The molecule has 102 valence electrons. The molecule has 1 rings (SSSR count). The fraction of sp³-hybridized carbons (Fsp3) is 1.00. The van der Waals surface area contributed by atoms with Crippen molar-refractivity contribution in [2.24, 2.45) is 5.73 Å². The first-order valence-electron chi connectivity index (χ1n) is 6.86.